The molecule has 4 nitrogen and oxygen atoms in total. The van der Waals surface area contributed by atoms with E-state index >= 15 is 0 Å². The van der Waals surface area contributed by atoms with Crippen LogP contribution in [0.5, 0.6) is 0 Å². The van der Waals surface area contributed by atoms with Crippen molar-refractivity contribution in [1.82, 2.24) is 4.98 Å². The van der Waals surface area contributed by atoms with E-state index in [1.54, 1.807) is 0 Å². The Bertz CT molecular complexity index is 593. The summed E-state index contributed by atoms with van der Waals surface area (Å²) in [6.07, 6.45) is 0. The SMILES string of the molecule is COC(=O)c1nc(-c2cc(F)cc(F)c2)sc1N. The number of nitrogens with two attached hydrogens (primary N) is 1. The first kappa shape index (κ1) is 12.4. The number of ether oxygens (including phenoxy) is 1. The van der Waals surface area contributed by atoms with E-state index in [0.29, 0.717) is 0 Å². The third-order valence-electron chi connectivity index (χ3n) is 2.14. The summed E-state index contributed by atoms with van der Waals surface area (Å²) in [7, 11) is 1.20. The summed E-state index contributed by atoms with van der Waals surface area (Å²) in [5.41, 5.74) is 5.77. The second kappa shape index (κ2) is 4.69. The molecular formula is C11H8F2N2O2S. The number of nitrogen functional groups attached to an aromatic ring is 1. The van der Waals surface area contributed by atoms with E-state index in [9.17, 15) is 13.6 Å². The maximum atomic E-state index is 13.1. The average molecular weight is 270 g/mol. The first-order chi connectivity index (χ1) is 8.51. The fourth-order valence-corrected chi connectivity index (χ4v) is 2.18. The number of hydrogen-bond acceptors (Lipinski definition) is 5. The van der Waals surface area contributed by atoms with Gasteiger partial charge in [0.25, 0.3) is 0 Å². The molecule has 0 saturated carbocycles. The number of aromatic nitrogens is 1. The van der Waals surface area contributed by atoms with Gasteiger partial charge in [0.15, 0.2) is 5.69 Å². The highest BCUT2D eigenvalue weighted by Crippen LogP contribution is 2.31. The van der Waals surface area contributed by atoms with Crippen LogP contribution in [0.25, 0.3) is 10.6 Å². The number of benzene rings is 1. The molecule has 0 saturated heterocycles. The van der Waals surface area contributed by atoms with Crippen LogP contribution in [0.15, 0.2) is 18.2 Å². The minimum absolute atomic E-state index is 0.0535. The van der Waals surface area contributed by atoms with Crippen molar-refractivity contribution in [2.45, 2.75) is 0 Å². The minimum atomic E-state index is -0.724. The van der Waals surface area contributed by atoms with Crippen LogP contribution < -0.4 is 5.73 Å². The molecule has 0 fully saturated rings. The molecule has 0 atom stereocenters. The number of methoxy groups -OCH3 is 1. The van der Waals surface area contributed by atoms with Crippen molar-refractivity contribution in [3.05, 3.63) is 35.5 Å². The molecule has 0 aliphatic rings. The molecule has 0 unspecified atom stereocenters. The van der Waals surface area contributed by atoms with Gasteiger partial charge in [0.2, 0.25) is 0 Å². The van der Waals surface area contributed by atoms with E-state index in [0.717, 1.165) is 29.5 Å². The lowest BCUT2D eigenvalue weighted by atomic mass is 10.2. The van der Waals surface area contributed by atoms with Crippen LogP contribution in [0.4, 0.5) is 13.8 Å². The van der Waals surface area contributed by atoms with Gasteiger partial charge in [-0.3, -0.25) is 0 Å². The Morgan fingerprint density at radius 1 is 1.33 bits per heavy atom. The van der Waals surface area contributed by atoms with Gasteiger partial charge in [-0.2, -0.15) is 0 Å². The molecule has 94 valence electrons. The number of rotatable bonds is 2. The number of hydrogen-bond donors (Lipinski definition) is 1. The third-order valence-corrected chi connectivity index (χ3v) is 3.08. The Balaban J connectivity index is 2.48. The Labute approximate surface area is 105 Å². The summed E-state index contributed by atoms with van der Waals surface area (Å²) >= 11 is 0.961. The average Bonchev–Trinajstić information content (AvgIpc) is 2.69. The number of carbonyl (C=O) groups is 1. The molecule has 0 spiro atoms. The molecule has 1 heterocycles. The van der Waals surface area contributed by atoms with Crippen molar-refractivity contribution in [2.75, 3.05) is 12.8 Å². The van der Waals surface area contributed by atoms with Gasteiger partial charge in [-0.25, -0.2) is 18.6 Å². The van der Waals surface area contributed by atoms with Crippen LogP contribution in [0.1, 0.15) is 10.5 Å². The van der Waals surface area contributed by atoms with Crippen LogP contribution in [0.3, 0.4) is 0 Å². The van der Waals surface area contributed by atoms with Crippen molar-refractivity contribution in [1.29, 1.82) is 0 Å². The second-order valence-electron chi connectivity index (χ2n) is 3.38. The predicted molar refractivity (Wildman–Crippen MR) is 63.2 cm³/mol. The summed E-state index contributed by atoms with van der Waals surface area (Å²) < 4.78 is 30.6. The molecule has 7 heteroatoms. The van der Waals surface area contributed by atoms with Crippen LogP contribution in [0, 0.1) is 11.6 Å². The van der Waals surface area contributed by atoms with Crippen molar-refractivity contribution in [3.8, 4) is 10.6 Å². The van der Waals surface area contributed by atoms with Crippen LogP contribution in [0.2, 0.25) is 0 Å². The van der Waals surface area contributed by atoms with Gasteiger partial charge in [-0.1, -0.05) is 11.3 Å². The molecule has 2 aromatic rings. The summed E-state index contributed by atoms with van der Waals surface area (Å²) in [6, 6.07) is 2.98. The Morgan fingerprint density at radius 3 is 2.50 bits per heavy atom. The van der Waals surface area contributed by atoms with Crippen molar-refractivity contribution in [3.63, 3.8) is 0 Å². The Hall–Kier alpha value is -2.02. The van der Waals surface area contributed by atoms with Gasteiger partial charge >= 0.3 is 5.97 Å². The monoisotopic (exact) mass is 270 g/mol. The molecule has 0 amide bonds. The summed E-state index contributed by atoms with van der Waals surface area (Å²) in [6.45, 7) is 0. The highest BCUT2D eigenvalue weighted by atomic mass is 32.1. The second-order valence-corrected chi connectivity index (χ2v) is 4.41. The van der Waals surface area contributed by atoms with Crippen LogP contribution in [-0.2, 0) is 4.74 Å². The fraction of sp³-hybridized carbons (Fsp3) is 0.0909. The van der Waals surface area contributed by atoms with E-state index in [4.69, 9.17) is 5.73 Å². The van der Waals surface area contributed by atoms with Gasteiger partial charge in [0, 0.05) is 11.6 Å². The maximum Gasteiger partial charge on any atom is 0.359 e. The number of anilines is 1. The molecule has 18 heavy (non-hydrogen) atoms. The number of nitrogens with zero attached hydrogens (tertiary/aromatic N) is 1. The highest BCUT2D eigenvalue weighted by molar-refractivity contribution is 7.19. The highest BCUT2D eigenvalue weighted by Gasteiger charge is 2.18. The van der Waals surface area contributed by atoms with E-state index in [1.165, 1.54) is 7.11 Å². The van der Waals surface area contributed by atoms with Gasteiger partial charge in [0.1, 0.15) is 21.6 Å². The largest absolute Gasteiger partial charge is 0.464 e. The van der Waals surface area contributed by atoms with Crippen molar-refractivity contribution in [2.24, 2.45) is 0 Å². The van der Waals surface area contributed by atoms with E-state index in [1.807, 2.05) is 0 Å². The number of thiazole rings is 1. The molecule has 1 aromatic heterocycles. The molecule has 0 aliphatic carbocycles. The summed E-state index contributed by atoms with van der Waals surface area (Å²) in [5.74, 6) is -2.14. The number of halogens is 2. The van der Waals surface area contributed by atoms with Crippen LogP contribution >= 0.6 is 11.3 Å². The number of carbonyl (C=O) groups excluding carboxylic acids is 1. The quantitative estimate of drug-likeness (QED) is 0.851. The van der Waals surface area contributed by atoms with Gasteiger partial charge < -0.3 is 10.5 Å². The number of esters is 1. The minimum Gasteiger partial charge on any atom is -0.464 e. The smallest absolute Gasteiger partial charge is 0.359 e. The zero-order valence-corrected chi connectivity index (χ0v) is 10.1. The van der Waals surface area contributed by atoms with Gasteiger partial charge in [-0.15, -0.1) is 0 Å². The molecule has 0 aliphatic heterocycles. The Kier molecular flexibility index (Phi) is 3.24. The Morgan fingerprint density at radius 2 is 1.94 bits per heavy atom. The van der Waals surface area contributed by atoms with E-state index in [2.05, 4.69) is 9.72 Å². The molecule has 2 rings (SSSR count). The van der Waals surface area contributed by atoms with Gasteiger partial charge in [0.05, 0.1) is 7.11 Å². The normalized spacial score (nSPS) is 10.4. The first-order valence-corrected chi connectivity index (χ1v) is 5.64. The summed E-state index contributed by atoms with van der Waals surface area (Å²) in [5, 5.41) is 0.396. The summed E-state index contributed by atoms with van der Waals surface area (Å²) in [4.78, 5) is 15.2. The van der Waals surface area contributed by atoms with Crippen LogP contribution in [-0.4, -0.2) is 18.1 Å². The zero-order valence-electron chi connectivity index (χ0n) is 9.24. The van der Waals surface area contributed by atoms with Crippen molar-refractivity contribution >= 4 is 22.3 Å². The third kappa shape index (κ3) is 2.30. The lowest BCUT2D eigenvalue weighted by molar-refractivity contribution is 0.0596. The molecule has 1 aromatic carbocycles. The van der Waals surface area contributed by atoms with Crippen molar-refractivity contribution < 1.29 is 18.3 Å². The fourth-order valence-electron chi connectivity index (χ4n) is 1.38. The molecule has 0 radical (unpaired) electrons. The molecule has 2 N–H and O–H groups in total. The van der Waals surface area contributed by atoms with E-state index in [-0.39, 0.29) is 21.3 Å². The topological polar surface area (TPSA) is 65.2 Å². The predicted octanol–water partition coefficient (Wildman–Crippen LogP) is 2.46. The lowest BCUT2D eigenvalue weighted by Gasteiger charge is -1.97. The van der Waals surface area contributed by atoms with E-state index < -0.39 is 17.6 Å². The first-order valence-electron chi connectivity index (χ1n) is 4.82. The molecule has 0 bridgehead atoms. The zero-order chi connectivity index (χ0) is 13.3. The molecular weight excluding hydrogens is 262 g/mol. The standard InChI is InChI=1S/C11H8F2N2O2S/c1-17-11(16)8-9(14)18-10(15-8)5-2-6(12)4-7(13)3-5/h2-4H,14H2,1H3. The van der Waals surface area contributed by atoms with Gasteiger partial charge in [-0.05, 0) is 12.1 Å². The lowest BCUT2D eigenvalue weighted by Crippen LogP contribution is -2.04. The maximum absolute atomic E-state index is 13.1.